The molecular weight excluding hydrogens is 252 g/mol. The number of hydrogen-bond donors (Lipinski definition) is 2. The number of ether oxygens (including phenoxy) is 1. The van der Waals surface area contributed by atoms with E-state index in [0.717, 1.165) is 38.7 Å². The Bertz CT molecular complexity index is 251. The average molecular weight is 286 g/mol. The summed E-state index contributed by atoms with van der Waals surface area (Å²) >= 11 is 0. The Labute approximate surface area is 124 Å². The van der Waals surface area contributed by atoms with Crippen molar-refractivity contribution in [1.82, 2.24) is 10.2 Å². The molecule has 4 heteroatoms. The molecule has 0 radical (unpaired) electrons. The fraction of sp³-hybridized carbons (Fsp3) is 1.00. The SMILES string of the molecule is COCCNCC1(CN(C)CC(C)O)CCC(C)CC1. The molecule has 0 aromatic rings. The Hall–Kier alpha value is -0.160. The number of methoxy groups -OCH3 is 1. The van der Waals surface area contributed by atoms with E-state index in [2.05, 4.69) is 24.2 Å². The van der Waals surface area contributed by atoms with E-state index in [1.165, 1.54) is 25.7 Å². The van der Waals surface area contributed by atoms with Gasteiger partial charge in [0.25, 0.3) is 0 Å². The molecule has 0 aliphatic heterocycles. The molecule has 0 spiro atoms. The molecule has 120 valence electrons. The number of rotatable bonds is 9. The molecule has 2 N–H and O–H groups in total. The first-order valence-electron chi connectivity index (χ1n) is 8.04. The Morgan fingerprint density at radius 2 is 2.05 bits per heavy atom. The van der Waals surface area contributed by atoms with Gasteiger partial charge in [0.1, 0.15) is 0 Å². The van der Waals surface area contributed by atoms with E-state index in [1.807, 2.05) is 6.92 Å². The molecule has 20 heavy (non-hydrogen) atoms. The molecule has 4 nitrogen and oxygen atoms in total. The molecule has 1 atom stereocenters. The third-order valence-corrected chi connectivity index (χ3v) is 4.50. The predicted molar refractivity (Wildman–Crippen MR) is 84.0 cm³/mol. The van der Waals surface area contributed by atoms with Crippen molar-refractivity contribution in [2.24, 2.45) is 11.3 Å². The second kappa shape index (κ2) is 8.98. The highest BCUT2D eigenvalue weighted by Gasteiger charge is 2.34. The second-order valence-electron chi connectivity index (χ2n) is 6.90. The van der Waals surface area contributed by atoms with Crippen molar-refractivity contribution in [3.63, 3.8) is 0 Å². The first-order chi connectivity index (χ1) is 9.47. The van der Waals surface area contributed by atoms with Gasteiger partial charge in [0.15, 0.2) is 0 Å². The molecular formula is C16H34N2O2. The van der Waals surface area contributed by atoms with Gasteiger partial charge < -0.3 is 20.1 Å². The van der Waals surface area contributed by atoms with Crippen molar-refractivity contribution in [2.75, 3.05) is 46.9 Å². The van der Waals surface area contributed by atoms with Crippen molar-refractivity contribution < 1.29 is 9.84 Å². The Morgan fingerprint density at radius 3 is 2.60 bits per heavy atom. The molecule has 0 heterocycles. The molecule has 0 amide bonds. The summed E-state index contributed by atoms with van der Waals surface area (Å²) < 4.78 is 5.11. The van der Waals surface area contributed by atoms with Crippen LogP contribution in [0.3, 0.4) is 0 Å². The van der Waals surface area contributed by atoms with Crippen molar-refractivity contribution in [2.45, 2.75) is 45.6 Å². The first-order valence-corrected chi connectivity index (χ1v) is 8.04. The van der Waals surface area contributed by atoms with Gasteiger partial charge in [-0.25, -0.2) is 0 Å². The molecule has 1 aliphatic rings. The van der Waals surface area contributed by atoms with Crippen LogP contribution in [0.15, 0.2) is 0 Å². The Morgan fingerprint density at radius 1 is 1.40 bits per heavy atom. The molecule has 1 aliphatic carbocycles. The lowest BCUT2D eigenvalue weighted by Crippen LogP contribution is -2.46. The molecule has 1 saturated carbocycles. The van der Waals surface area contributed by atoms with Crippen LogP contribution in [0.1, 0.15) is 39.5 Å². The fourth-order valence-electron chi connectivity index (χ4n) is 3.38. The summed E-state index contributed by atoms with van der Waals surface area (Å²) in [5.41, 5.74) is 0.365. The quantitative estimate of drug-likeness (QED) is 0.634. The Balaban J connectivity index is 2.50. The van der Waals surface area contributed by atoms with Gasteiger partial charge in [0.05, 0.1) is 12.7 Å². The van der Waals surface area contributed by atoms with E-state index < -0.39 is 0 Å². The highest BCUT2D eigenvalue weighted by atomic mass is 16.5. The maximum Gasteiger partial charge on any atom is 0.0638 e. The van der Waals surface area contributed by atoms with E-state index in [-0.39, 0.29) is 6.10 Å². The summed E-state index contributed by atoms with van der Waals surface area (Å²) in [6.07, 6.45) is 4.99. The summed E-state index contributed by atoms with van der Waals surface area (Å²) in [5.74, 6) is 0.865. The maximum absolute atomic E-state index is 9.55. The van der Waals surface area contributed by atoms with Gasteiger partial charge in [-0.2, -0.15) is 0 Å². The smallest absolute Gasteiger partial charge is 0.0638 e. The number of likely N-dealkylation sites (N-methyl/N-ethyl adjacent to an activating group) is 1. The zero-order valence-corrected chi connectivity index (χ0v) is 13.8. The van der Waals surface area contributed by atoms with E-state index in [0.29, 0.717) is 5.41 Å². The van der Waals surface area contributed by atoms with Crippen LogP contribution >= 0.6 is 0 Å². The lowest BCUT2D eigenvalue weighted by Gasteiger charge is -2.42. The largest absolute Gasteiger partial charge is 0.392 e. The van der Waals surface area contributed by atoms with Crippen molar-refractivity contribution >= 4 is 0 Å². The monoisotopic (exact) mass is 286 g/mol. The van der Waals surface area contributed by atoms with E-state index >= 15 is 0 Å². The van der Waals surface area contributed by atoms with Crippen molar-refractivity contribution in [1.29, 1.82) is 0 Å². The minimum Gasteiger partial charge on any atom is -0.392 e. The average Bonchev–Trinajstić information content (AvgIpc) is 2.37. The van der Waals surface area contributed by atoms with Gasteiger partial charge in [0.2, 0.25) is 0 Å². The van der Waals surface area contributed by atoms with Gasteiger partial charge in [-0.3, -0.25) is 0 Å². The van der Waals surface area contributed by atoms with Gasteiger partial charge in [-0.05, 0) is 38.1 Å². The zero-order chi connectivity index (χ0) is 15.0. The van der Waals surface area contributed by atoms with Gasteiger partial charge in [-0.15, -0.1) is 0 Å². The number of nitrogens with zero attached hydrogens (tertiary/aromatic N) is 1. The zero-order valence-electron chi connectivity index (χ0n) is 13.8. The van der Waals surface area contributed by atoms with Crippen LogP contribution < -0.4 is 5.32 Å². The molecule has 1 unspecified atom stereocenters. The summed E-state index contributed by atoms with van der Waals surface area (Å²) in [6, 6.07) is 0. The normalized spacial score (nSPS) is 28.8. The molecule has 1 rings (SSSR count). The van der Waals surface area contributed by atoms with E-state index in [9.17, 15) is 5.11 Å². The van der Waals surface area contributed by atoms with E-state index in [4.69, 9.17) is 4.74 Å². The number of aliphatic hydroxyl groups is 1. The lowest BCUT2D eigenvalue weighted by atomic mass is 9.70. The van der Waals surface area contributed by atoms with Crippen molar-refractivity contribution in [3.8, 4) is 0 Å². The predicted octanol–water partition coefficient (Wildman–Crippen LogP) is 1.73. The standard InChI is InChI=1S/C16H34N2O2/c1-14-5-7-16(8-6-14,12-17-9-10-20-4)13-18(3)11-15(2)19/h14-15,17,19H,5-13H2,1-4H3. The maximum atomic E-state index is 9.55. The minimum atomic E-state index is -0.249. The first kappa shape index (κ1) is 17.9. The second-order valence-corrected chi connectivity index (χ2v) is 6.90. The number of nitrogens with one attached hydrogen (secondary N) is 1. The summed E-state index contributed by atoms with van der Waals surface area (Å²) in [7, 11) is 3.87. The Kier molecular flexibility index (Phi) is 8.03. The van der Waals surface area contributed by atoms with Crippen molar-refractivity contribution in [3.05, 3.63) is 0 Å². The van der Waals surface area contributed by atoms with Gasteiger partial charge in [0, 0.05) is 33.3 Å². The van der Waals surface area contributed by atoms with Gasteiger partial charge in [-0.1, -0.05) is 19.8 Å². The topological polar surface area (TPSA) is 44.7 Å². The lowest BCUT2D eigenvalue weighted by molar-refractivity contribution is 0.0696. The summed E-state index contributed by atoms with van der Waals surface area (Å²) in [4.78, 5) is 2.29. The fourth-order valence-corrected chi connectivity index (χ4v) is 3.38. The van der Waals surface area contributed by atoms with Crippen LogP contribution in [0.25, 0.3) is 0 Å². The number of aliphatic hydroxyl groups excluding tert-OH is 1. The third-order valence-electron chi connectivity index (χ3n) is 4.50. The van der Waals surface area contributed by atoms with Gasteiger partial charge >= 0.3 is 0 Å². The molecule has 0 aromatic heterocycles. The highest BCUT2D eigenvalue weighted by Crippen LogP contribution is 2.39. The van der Waals surface area contributed by atoms with Crippen LogP contribution in [0.4, 0.5) is 0 Å². The summed E-state index contributed by atoms with van der Waals surface area (Å²) in [5, 5.41) is 13.1. The third kappa shape index (κ3) is 6.53. The molecule has 0 saturated heterocycles. The highest BCUT2D eigenvalue weighted by molar-refractivity contribution is 4.89. The molecule has 0 bridgehead atoms. The van der Waals surface area contributed by atoms with E-state index in [1.54, 1.807) is 7.11 Å². The van der Waals surface area contributed by atoms with Crippen LogP contribution in [0.2, 0.25) is 0 Å². The number of hydrogen-bond acceptors (Lipinski definition) is 4. The van der Waals surface area contributed by atoms with Crippen LogP contribution in [-0.4, -0.2) is 63.1 Å². The van der Waals surface area contributed by atoms with Crippen LogP contribution in [0.5, 0.6) is 0 Å². The summed E-state index contributed by atoms with van der Waals surface area (Å²) in [6.45, 7) is 8.82. The van der Waals surface area contributed by atoms with Crippen LogP contribution in [-0.2, 0) is 4.74 Å². The molecule has 1 fully saturated rings. The minimum absolute atomic E-state index is 0.249. The van der Waals surface area contributed by atoms with Crippen LogP contribution in [0, 0.1) is 11.3 Å². The molecule has 0 aromatic carbocycles.